The number of hydrogen-bond acceptors (Lipinski definition) is 5. The highest BCUT2D eigenvalue weighted by Gasteiger charge is 2.25. The van der Waals surface area contributed by atoms with Gasteiger partial charge < -0.3 is 8.83 Å². The van der Waals surface area contributed by atoms with Crippen molar-refractivity contribution >= 4 is 11.2 Å². The molecule has 24 heavy (non-hydrogen) atoms. The van der Waals surface area contributed by atoms with Crippen LogP contribution in [0.4, 0.5) is 0 Å². The average molecular weight is 327 g/mol. The molecular formula is C18H21N3O3. The Morgan fingerprint density at radius 1 is 1.17 bits per heavy atom. The third-order valence-corrected chi connectivity index (χ3v) is 4.77. The van der Waals surface area contributed by atoms with Crippen molar-refractivity contribution < 1.29 is 8.83 Å². The molecule has 0 saturated carbocycles. The molecule has 1 unspecified atom stereocenters. The Morgan fingerprint density at radius 2 is 2.12 bits per heavy atom. The van der Waals surface area contributed by atoms with Crippen LogP contribution in [0.2, 0.25) is 0 Å². The molecule has 4 rings (SSSR count). The molecule has 0 bridgehead atoms. The van der Waals surface area contributed by atoms with E-state index in [1.807, 2.05) is 12.1 Å². The van der Waals surface area contributed by atoms with Crippen LogP contribution < -0.4 is 5.76 Å². The molecule has 3 aromatic rings. The Morgan fingerprint density at radius 3 is 3.00 bits per heavy atom. The van der Waals surface area contributed by atoms with Crippen molar-refractivity contribution in [3.8, 4) is 0 Å². The fourth-order valence-corrected chi connectivity index (χ4v) is 3.56. The normalized spacial score (nSPS) is 19.6. The molecule has 0 spiro atoms. The zero-order valence-corrected chi connectivity index (χ0v) is 13.6. The van der Waals surface area contributed by atoms with Crippen LogP contribution in [0.15, 0.2) is 50.4 Å². The summed E-state index contributed by atoms with van der Waals surface area (Å²) in [5.41, 5.74) is 1.16. The van der Waals surface area contributed by atoms with Crippen molar-refractivity contribution in [3.63, 3.8) is 0 Å². The van der Waals surface area contributed by atoms with E-state index < -0.39 is 0 Å². The van der Waals surface area contributed by atoms with Gasteiger partial charge in [-0.2, -0.15) is 0 Å². The van der Waals surface area contributed by atoms with Crippen LogP contribution in [0.1, 0.15) is 37.5 Å². The lowest BCUT2D eigenvalue weighted by Crippen LogP contribution is -2.33. The summed E-state index contributed by atoms with van der Waals surface area (Å²) in [6.45, 7) is 2.36. The van der Waals surface area contributed by atoms with E-state index in [1.54, 1.807) is 29.2 Å². The van der Waals surface area contributed by atoms with Gasteiger partial charge in [-0.1, -0.05) is 12.8 Å². The molecule has 1 saturated heterocycles. The van der Waals surface area contributed by atoms with Crippen molar-refractivity contribution in [3.05, 3.63) is 53.0 Å². The van der Waals surface area contributed by atoms with Gasteiger partial charge in [0, 0.05) is 19.3 Å². The summed E-state index contributed by atoms with van der Waals surface area (Å²) in [5, 5.41) is 0. The van der Waals surface area contributed by atoms with E-state index >= 15 is 0 Å². The molecule has 1 fully saturated rings. The van der Waals surface area contributed by atoms with Gasteiger partial charge in [0.2, 0.25) is 0 Å². The molecule has 126 valence electrons. The van der Waals surface area contributed by atoms with Crippen molar-refractivity contribution in [2.45, 2.75) is 38.3 Å². The van der Waals surface area contributed by atoms with Crippen LogP contribution in [0.3, 0.4) is 0 Å². The quantitative estimate of drug-likeness (QED) is 0.736. The standard InChI is InChI=1S/C18H21N3O3/c22-18-21(17-16(24-18)7-4-9-19-17)12-11-20-10-3-1-2-6-14(20)15-8-5-13-23-15/h4-5,7-9,13-14H,1-3,6,10-12H2. The van der Waals surface area contributed by atoms with E-state index in [-0.39, 0.29) is 11.8 Å². The number of hydrogen-bond donors (Lipinski definition) is 0. The summed E-state index contributed by atoms with van der Waals surface area (Å²) in [7, 11) is 0. The second-order valence-electron chi connectivity index (χ2n) is 6.26. The minimum absolute atomic E-state index is 0.282. The molecule has 4 heterocycles. The number of fused-ring (bicyclic) bond motifs is 1. The molecule has 0 amide bonds. The maximum absolute atomic E-state index is 12.1. The Hall–Kier alpha value is -2.34. The number of nitrogens with zero attached hydrogens (tertiary/aromatic N) is 3. The molecule has 6 nitrogen and oxygen atoms in total. The van der Waals surface area contributed by atoms with Crippen LogP contribution in [-0.2, 0) is 6.54 Å². The molecule has 0 aliphatic carbocycles. The number of pyridine rings is 1. The van der Waals surface area contributed by atoms with Gasteiger partial charge in [0.15, 0.2) is 11.2 Å². The number of furan rings is 1. The largest absolute Gasteiger partial charge is 0.468 e. The average Bonchev–Trinajstić information content (AvgIpc) is 3.16. The van der Waals surface area contributed by atoms with Crippen LogP contribution >= 0.6 is 0 Å². The number of rotatable bonds is 4. The molecule has 0 radical (unpaired) electrons. The van der Waals surface area contributed by atoms with Gasteiger partial charge in [-0.3, -0.25) is 9.47 Å². The predicted molar refractivity (Wildman–Crippen MR) is 89.8 cm³/mol. The first-order chi connectivity index (χ1) is 11.8. The maximum Gasteiger partial charge on any atom is 0.421 e. The minimum atomic E-state index is -0.340. The monoisotopic (exact) mass is 327 g/mol. The SMILES string of the molecule is O=c1oc2cccnc2n1CCN1CCCCCC1c1ccco1. The highest BCUT2D eigenvalue weighted by molar-refractivity contribution is 5.67. The van der Waals surface area contributed by atoms with Gasteiger partial charge in [0.1, 0.15) is 5.76 Å². The van der Waals surface area contributed by atoms with Crippen molar-refractivity contribution in [1.82, 2.24) is 14.5 Å². The zero-order chi connectivity index (χ0) is 16.4. The molecule has 1 aliphatic heterocycles. The van der Waals surface area contributed by atoms with Crippen LogP contribution in [0.5, 0.6) is 0 Å². The van der Waals surface area contributed by atoms with Crippen LogP contribution in [0.25, 0.3) is 11.2 Å². The topological polar surface area (TPSA) is 64.4 Å². The first-order valence-corrected chi connectivity index (χ1v) is 8.55. The zero-order valence-electron chi connectivity index (χ0n) is 13.6. The lowest BCUT2D eigenvalue weighted by Gasteiger charge is -2.28. The van der Waals surface area contributed by atoms with Crippen LogP contribution in [0, 0.1) is 0 Å². The molecule has 3 aromatic heterocycles. The van der Waals surface area contributed by atoms with Crippen molar-refractivity contribution in [1.29, 1.82) is 0 Å². The Kier molecular flexibility index (Phi) is 4.21. The Labute approximate surface area is 139 Å². The third kappa shape index (κ3) is 2.89. The number of aromatic nitrogens is 2. The summed E-state index contributed by atoms with van der Waals surface area (Å²) < 4.78 is 12.5. The predicted octanol–water partition coefficient (Wildman–Crippen LogP) is 3.20. The smallest absolute Gasteiger partial charge is 0.421 e. The summed E-state index contributed by atoms with van der Waals surface area (Å²) in [6.07, 6.45) is 8.13. The summed E-state index contributed by atoms with van der Waals surface area (Å²) in [4.78, 5) is 18.8. The van der Waals surface area contributed by atoms with Gasteiger partial charge in [0.05, 0.1) is 12.3 Å². The second-order valence-corrected chi connectivity index (χ2v) is 6.26. The Bertz CT molecular complexity index is 850. The molecule has 0 aromatic carbocycles. The first-order valence-electron chi connectivity index (χ1n) is 8.55. The fraction of sp³-hybridized carbons (Fsp3) is 0.444. The van der Waals surface area contributed by atoms with E-state index in [0.29, 0.717) is 17.8 Å². The number of likely N-dealkylation sites (tertiary alicyclic amines) is 1. The molecule has 6 heteroatoms. The molecule has 0 N–H and O–H groups in total. The second kappa shape index (κ2) is 6.65. The van der Waals surface area contributed by atoms with E-state index in [9.17, 15) is 4.79 Å². The van der Waals surface area contributed by atoms with Gasteiger partial charge in [-0.05, 0) is 43.7 Å². The highest BCUT2D eigenvalue weighted by atomic mass is 16.4. The summed E-state index contributed by atoms with van der Waals surface area (Å²) >= 11 is 0. The Balaban J connectivity index is 1.56. The lowest BCUT2D eigenvalue weighted by atomic mass is 10.1. The van der Waals surface area contributed by atoms with E-state index in [2.05, 4.69) is 9.88 Å². The molecule has 1 aliphatic rings. The van der Waals surface area contributed by atoms with E-state index in [4.69, 9.17) is 8.83 Å². The molecule has 1 atom stereocenters. The van der Waals surface area contributed by atoms with E-state index in [0.717, 1.165) is 25.3 Å². The molecular weight excluding hydrogens is 306 g/mol. The van der Waals surface area contributed by atoms with Crippen molar-refractivity contribution in [2.75, 3.05) is 13.1 Å². The van der Waals surface area contributed by atoms with Gasteiger partial charge in [-0.15, -0.1) is 0 Å². The minimum Gasteiger partial charge on any atom is -0.468 e. The first kappa shape index (κ1) is 15.2. The summed E-state index contributed by atoms with van der Waals surface area (Å²) in [5.74, 6) is 0.674. The van der Waals surface area contributed by atoms with E-state index in [1.165, 1.54) is 19.3 Å². The van der Waals surface area contributed by atoms with Gasteiger partial charge in [-0.25, -0.2) is 9.78 Å². The van der Waals surface area contributed by atoms with Crippen LogP contribution in [-0.4, -0.2) is 27.5 Å². The van der Waals surface area contributed by atoms with Gasteiger partial charge in [0.25, 0.3) is 0 Å². The van der Waals surface area contributed by atoms with Crippen molar-refractivity contribution in [2.24, 2.45) is 0 Å². The summed E-state index contributed by atoms with van der Waals surface area (Å²) in [6, 6.07) is 7.82. The maximum atomic E-state index is 12.1. The number of oxazole rings is 1. The lowest BCUT2D eigenvalue weighted by molar-refractivity contribution is 0.171. The third-order valence-electron chi connectivity index (χ3n) is 4.77. The fourth-order valence-electron chi connectivity index (χ4n) is 3.56. The highest BCUT2D eigenvalue weighted by Crippen LogP contribution is 2.30. The van der Waals surface area contributed by atoms with Gasteiger partial charge >= 0.3 is 5.76 Å².